The molecule has 2 aromatic carbocycles. The van der Waals surface area contributed by atoms with Crippen LogP contribution in [0.3, 0.4) is 0 Å². The van der Waals surface area contributed by atoms with E-state index < -0.39 is 5.97 Å². The van der Waals surface area contributed by atoms with Gasteiger partial charge in [0.1, 0.15) is 0 Å². The number of hydrogen-bond acceptors (Lipinski definition) is 2. The van der Waals surface area contributed by atoms with E-state index in [9.17, 15) is 9.59 Å². The van der Waals surface area contributed by atoms with Gasteiger partial charge in [0.15, 0.2) is 0 Å². The highest BCUT2D eigenvalue weighted by Gasteiger charge is 2.12. The molecular formula is C16H15NO3. The fraction of sp³-hybridized carbons (Fsp3) is 0.125. The van der Waals surface area contributed by atoms with E-state index in [2.05, 4.69) is 5.32 Å². The molecule has 2 rings (SSSR count). The Labute approximate surface area is 117 Å². The zero-order valence-corrected chi connectivity index (χ0v) is 11.0. The van der Waals surface area contributed by atoms with Crippen LogP contribution >= 0.6 is 0 Å². The summed E-state index contributed by atoms with van der Waals surface area (Å²) in [4.78, 5) is 23.0. The lowest BCUT2D eigenvalue weighted by atomic mass is 10.1. The standard InChI is InChI=1S/C16H15NO3/c1-11(12-6-3-2-4-7-12)17-15(18)13-8-5-9-14(10-13)16(19)20/h2-11H,1H3,(H,17,18)(H,19,20). The van der Waals surface area contributed by atoms with Crippen molar-refractivity contribution < 1.29 is 14.7 Å². The average Bonchev–Trinajstić information content (AvgIpc) is 2.48. The van der Waals surface area contributed by atoms with Gasteiger partial charge in [-0.2, -0.15) is 0 Å². The summed E-state index contributed by atoms with van der Waals surface area (Å²) in [6.45, 7) is 1.88. The quantitative estimate of drug-likeness (QED) is 0.896. The Bertz CT molecular complexity index is 623. The van der Waals surface area contributed by atoms with Crippen LogP contribution in [0.4, 0.5) is 0 Å². The summed E-state index contributed by atoms with van der Waals surface area (Å²) in [5.74, 6) is -1.33. The highest BCUT2D eigenvalue weighted by Crippen LogP contribution is 2.13. The number of rotatable bonds is 4. The van der Waals surface area contributed by atoms with Crippen LogP contribution < -0.4 is 5.32 Å². The summed E-state index contributed by atoms with van der Waals surface area (Å²) < 4.78 is 0. The SMILES string of the molecule is CC(NC(=O)c1cccc(C(=O)O)c1)c1ccccc1. The molecule has 2 aromatic rings. The van der Waals surface area contributed by atoms with Crippen LogP contribution in [0.2, 0.25) is 0 Å². The van der Waals surface area contributed by atoms with Gasteiger partial charge in [0.05, 0.1) is 11.6 Å². The van der Waals surface area contributed by atoms with Crippen molar-refractivity contribution in [1.29, 1.82) is 0 Å². The maximum atomic E-state index is 12.1. The number of carbonyl (C=O) groups is 2. The largest absolute Gasteiger partial charge is 0.478 e. The van der Waals surface area contributed by atoms with E-state index in [-0.39, 0.29) is 17.5 Å². The summed E-state index contributed by atoms with van der Waals surface area (Å²) in [6, 6.07) is 15.4. The summed E-state index contributed by atoms with van der Waals surface area (Å²) in [7, 11) is 0. The molecule has 0 aliphatic rings. The highest BCUT2D eigenvalue weighted by atomic mass is 16.4. The Balaban J connectivity index is 2.12. The zero-order chi connectivity index (χ0) is 14.5. The molecule has 4 nitrogen and oxygen atoms in total. The molecule has 0 aromatic heterocycles. The van der Waals surface area contributed by atoms with Gasteiger partial charge in [0.2, 0.25) is 0 Å². The molecule has 0 aliphatic carbocycles. The topological polar surface area (TPSA) is 66.4 Å². The lowest BCUT2D eigenvalue weighted by molar-refractivity contribution is 0.0697. The molecule has 0 spiro atoms. The van der Waals surface area contributed by atoms with Gasteiger partial charge < -0.3 is 10.4 Å². The Morgan fingerprint density at radius 1 is 1.00 bits per heavy atom. The van der Waals surface area contributed by atoms with Crippen LogP contribution in [-0.2, 0) is 0 Å². The zero-order valence-electron chi connectivity index (χ0n) is 11.0. The number of carbonyl (C=O) groups excluding carboxylic acids is 1. The van der Waals surface area contributed by atoms with Gasteiger partial charge in [-0.25, -0.2) is 4.79 Å². The molecule has 0 fully saturated rings. The number of amides is 1. The Kier molecular flexibility index (Phi) is 4.15. The van der Waals surface area contributed by atoms with E-state index in [1.807, 2.05) is 37.3 Å². The lowest BCUT2D eigenvalue weighted by Crippen LogP contribution is -2.26. The molecule has 0 saturated heterocycles. The van der Waals surface area contributed by atoms with Gasteiger partial charge in [-0.05, 0) is 30.7 Å². The molecular weight excluding hydrogens is 254 g/mol. The first-order chi connectivity index (χ1) is 9.58. The van der Waals surface area contributed by atoms with E-state index in [4.69, 9.17) is 5.11 Å². The van der Waals surface area contributed by atoms with Crippen LogP contribution in [0, 0.1) is 0 Å². The molecule has 0 radical (unpaired) electrons. The van der Waals surface area contributed by atoms with E-state index in [1.54, 1.807) is 12.1 Å². The van der Waals surface area contributed by atoms with E-state index in [1.165, 1.54) is 12.1 Å². The normalized spacial score (nSPS) is 11.7. The monoisotopic (exact) mass is 269 g/mol. The average molecular weight is 269 g/mol. The summed E-state index contributed by atoms with van der Waals surface area (Å²) >= 11 is 0. The summed E-state index contributed by atoms with van der Waals surface area (Å²) in [5, 5.41) is 11.8. The van der Waals surface area contributed by atoms with Gasteiger partial charge in [-0.1, -0.05) is 36.4 Å². The second-order valence-electron chi connectivity index (χ2n) is 4.49. The van der Waals surface area contributed by atoms with Crippen LogP contribution in [0.15, 0.2) is 54.6 Å². The van der Waals surface area contributed by atoms with Gasteiger partial charge in [-0.15, -0.1) is 0 Å². The molecule has 4 heteroatoms. The highest BCUT2D eigenvalue weighted by molar-refractivity contribution is 5.97. The minimum absolute atomic E-state index is 0.102. The molecule has 2 N–H and O–H groups in total. The van der Waals surface area contributed by atoms with Crippen molar-refractivity contribution in [3.8, 4) is 0 Å². The van der Waals surface area contributed by atoms with E-state index >= 15 is 0 Å². The minimum atomic E-state index is -1.05. The predicted octanol–water partition coefficient (Wildman–Crippen LogP) is 2.88. The van der Waals surface area contributed by atoms with Crippen LogP contribution in [0.1, 0.15) is 39.2 Å². The van der Waals surface area contributed by atoms with Crippen LogP contribution in [-0.4, -0.2) is 17.0 Å². The first-order valence-corrected chi connectivity index (χ1v) is 6.27. The molecule has 1 atom stereocenters. The Hall–Kier alpha value is -2.62. The van der Waals surface area contributed by atoms with Crippen molar-refractivity contribution >= 4 is 11.9 Å². The number of aromatic carboxylic acids is 1. The summed E-state index contributed by atoms with van der Waals surface area (Å²) in [6.07, 6.45) is 0. The van der Waals surface area contributed by atoms with Crippen molar-refractivity contribution in [1.82, 2.24) is 5.32 Å². The second kappa shape index (κ2) is 6.02. The maximum absolute atomic E-state index is 12.1. The van der Waals surface area contributed by atoms with Crippen LogP contribution in [0.25, 0.3) is 0 Å². The number of nitrogens with one attached hydrogen (secondary N) is 1. The number of carboxylic acid groups (broad SMARTS) is 1. The van der Waals surface area contributed by atoms with Gasteiger partial charge >= 0.3 is 5.97 Å². The van der Waals surface area contributed by atoms with E-state index in [0.717, 1.165) is 5.56 Å². The smallest absolute Gasteiger partial charge is 0.335 e. The molecule has 0 saturated carbocycles. The van der Waals surface area contributed by atoms with Crippen molar-refractivity contribution in [2.24, 2.45) is 0 Å². The third-order valence-corrected chi connectivity index (χ3v) is 3.02. The molecule has 0 heterocycles. The van der Waals surface area contributed by atoms with Crippen molar-refractivity contribution in [2.75, 3.05) is 0 Å². The predicted molar refractivity (Wildman–Crippen MR) is 75.7 cm³/mol. The molecule has 20 heavy (non-hydrogen) atoms. The van der Waals surface area contributed by atoms with E-state index in [0.29, 0.717) is 5.56 Å². The molecule has 0 aliphatic heterocycles. The molecule has 1 unspecified atom stereocenters. The molecule has 0 bridgehead atoms. The minimum Gasteiger partial charge on any atom is -0.478 e. The first kappa shape index (κ1) is 13.8. The third-order valence-electron chi connectivity index (χ3n) is 3.02. The van der Waals surface area contributed by atoms with Gasteiger partial charge in [0.25, 0.3) is 5.91 Å². The Morgan fingerprint density at radius 2 is 1.65 bits per heavy atom. The third kappa shape index (κ3) is 3.23. The first-order valence-electron chi connectivity index (χ1n) is 6.27. The maximum Gasteiger partial charge on any atom is 0.335 e. The molecule has 102 valence electrons. The van der Waals surface area contributed by atoms with Crippen molar-refractivity contribution in [3.63, 3.8) is 0 Å². The number of hydrogen-bond donors (Lipinski definition) is 2. The fourth-order valence-electron chi connectivity index (χ4n) is 1.90. The van der Waals surface area contributed by atoms with Crippen LogP contribution in [0.5, 0.6) is 0 Å². The van der Waals surface area contributed by atoms with Crippen molar-refractivity contribution in [3.05, 3.63) is 71.3 Å². The number of carboxylic acids is 1. The van der Waals surface area contributed by atoms with Gasteiger partial charge in [0, 0.05) is 5.56 Å². The van der Waals surface area contributed by atoms with Crippen molar-refractivity contribution in [2.45, 2.75) is 13.0 Å². The Morgan fingerprint density at radius 3 is 2.30 bits per heavy atom. The fourth-order valence-corrected chi connectivity index (χ4v) is 1.90. The second-order valence-corrected chi connectivity index (χ2v) is 4.49. The summed E-state index contributed by atoms with van der Waals surface area (Å²) in [5.41, 5.74) is 1.44. The molecule has 1 amide bonds. The number of benzene rings is 2. The lowest BCUT2D eigenvalue weighted by Gasteiger charge is -2.14. The van der Waals surface area contributed by atoms with Gasteiger partial charge in [-0.3, -0.25) is 4.79 Å².